The monoisotopic (exact) mass is 794 g/mol. The molecular formula is C56H34N4O2. The molecule has 3 heterocycles. The van der Waals surface area contributed by atoms with Crippen LogP contribution < -0.4 is 0 Å². The predicted molar refractivity (Wildman–Crippen MR) is 250 cm³/mol. The summed E-state index contributed by atoms with van der Waals surface area (Å²) in [4.78, 5) is 19.7. The van der Waals surface area contributed by atoms with Crippen molar-refractivity contribution in [2.75, 3.05) is 0 Å². The predicted octanol–water partition coefficient (Wildman–Crippen LogP) is 14.7. The van der Waals surface area contributed by atoms with Crippen molar-refractivity contribution in [1.82, 2.24) is 19.9 Å². The Morgan fingerprint density at radius 3 is 1.23 bits per heavy atom. The highest BCUT2D eigenvalue weighted by Gasteiger charge is 2.21. The molecule has 9 aromatic carbocycles. The Bertz CT molecular complexity index is 3540. The lowest BCUT2D eigenvalue weighted by Gasteiger charge is -2.13. The average molecular weight is 795 g/mol. The van der Waals surface area contributed by atoms with Crippen LogP contribution in [0, 0.1) is 0 Å². The van der Waals surface area contributed by atoms with E-state index >= 15 is 0 Å². The molecule has 62 heavy (non-hydrogen) atoms. The van der Waals surface area contributed by atoms with Crippen LogP contribution in [0.15, 0.2) is 215 Å². The van der Waals surface area contributed by atoms with Crippen molar-refractivity contribution in [3.8, 4) is 79.0 Å². The van der Waals surface area contributed by atoms with Crippen LogP contribution in [0.25, 0.3) is 123 Å². The molecule has 0 radical (unpaired) electrons. The first-order chi connectivity index (χ1) is 30.7. The molecule has 0 bridgehead atoms. The van der Waals surface area contributed by atoms with Crippen molar-refractivity contribution in [3.63, 3.8) is 0 Å². The van der Waals surface area contributed by atoms with Gasteiger partial charge in [0.2, 0.25) is 5.89 Å². The Labute approximate surface area is 356 Å². The van der Waals surface area contributed by atoms with Gasteiger partial charge in [0.05, 0.1) is 0 Å². The molecule has 0 amide bonds. The lowest BCUT2D eigenvalue weighted by molar-refractivity contribution is 0.620. The number of para-hydroxylation sites is 1. The first kappa shape index (κ1) is 35.5. The van der Waals surface area contributed by atoms with E-state index in [1.807, 2.05) is 109 Å². The fourth-order valence-electron chi connectivity index (χ4n) is 8.54. The molecule has 0 unspecified atom stereocenters. The minimum atomic E-state index is 0.563. The van der Waals surface area contributed by atoms with Crippen LogP contribution in [0.3, 0.4) is 0 Å². The average Bonchev–Trinajstić information content (AvgIpc) is 3.97. The molecule has 0 spiro atoms. The van der Waals surface area contributed by atoms with Gasteiger partial charge in [0.25, 0.3) is 0 Å². The summed E-state index contributed by atoms with van der Waals surface area (Å²) in [5.74, 6) is 2.48. The van der Waals surface area contributed by atoms with Gasteiger partial charge in [-0.05, 0) is 62.9 Å². The van der Waals surface area contributed by atoms with Gasteiger partial charge in [-0.3, -0.25) is 0 Å². The molecule has 0 aliphatic rings. The second kappa shape index (κ2) is 14.7. The van der Waals surface area contributed by atoms with E-state index in [9.17, 15) is 0 Å². The summed E-state index contributed by atoms with van der Waals surface area (Å²) >= 11 is 0. The van der Waals surface area contributed by atoms with Crippen LogP contribution >= 0.6 is 0 Å². The molecule has 0 aliphatic carbocycles. The number of rotatable bonds is 7. The number of nitrogens with zero attached hydrogens (tertiary/aromatic N) is 4. The first-order valence-electron chi connectivity index (χ1n) is 20.6. The highest BCUT2D eigenvalue weighted by atomic mass is 16.4. The molecular weight excluding hydrogens is 761 g/mol. The third-order valence-electron chi connectivity index (χ3n) is 11.6. The van der Waals surface area contributed by atoms with Gasteiger partial charge in [0, 0.05) is 38.6 Å². The molecule has 0 N–H and O–H groups in total. The molecule has 0 atom stereocenters. The van der Waals surface area contributed by atoms with Crippen LogP contribution in [0.4, 0.5) is 0 Å². The van der Waals surface area contributed by atoms with Gasteiger partial charge in [-0.25, -0.2) is 19.9 Å². The summed E-state index contributed by atoms with van der Waals surface area (Å²) in [6.45, 7) is 0. The van der Waals surface area contributed by atoms with Crippen molar-refractivity contribution in [2.45, 2.75) is 0 Å². The lowest BCUT2D eigenvalue weighted by atomic mass is 9.91. The maximum absolute atomic E-state index is 6.57. The highest BCUT2D eigenvalue weighted by Crippen LogP contribution is 2.43. The van der Waals surface area contributed by atoms with Gasteiger partial charge >= 0.3 is 0 Å². The van der Waals surface area contributed by atoms with Crippen LogP contribution in [0.5, 0.6) is 0 Å². The summed E-state index contributed by atoms with van der Waals surface area (Å²) in [6.07, 6.45) is 0. The quantitative estimate of drug-likeness (QED) is 0.160. The van der Waals surface area contributed by atoms with E-state index in [1.165, 1.54) is 10.8 Å². The van der Waals surface area contributed by atoms with Gasteiger partial charge in [-0.1, -0.05) is 182 Å². The van der Waals surface area contributed by atoms with E-state index in [0.29, 0.717) is 34.5 Å². The molecule has 0 aliphatic heterocycles. The van der Waals surface area contributed by atoms with Crippen LogP contribution in [-0.4, -0.2) is 19.9 Å². The number of aromatic nitrogens is 4. The summed E-state index contributed by atoms with van der Waals surface area (Å²) < 4.78 is 13.0. The number of fused-ring (bicyclic) bond motifs is 6. The minimum absolute atomic E-state index is 0.563. The zero-order chi connectivity index (χ0) is 41.0. The zero-order valence-electron chi connectivity index (χ0n) is 33.2. The van der Waals surface area contributed by atoms with E-state index in [1.54, 1.807) is 0 Å². The second-order valence-corrected chi connectivity index (χ2v) is 15.4. The van der Waals surface area contributed by atoms with E-state index in [0.717, 1.165) is 77.6 Å². The highest BCUT2D eigenvalue weighted by molar-refractivity contribution is 6.17. The third-order valence-corrected chi connectivity index (χ3v) is 11.6. The van der Waals surface area contributed by atoms with Gasteiger partial charge in [-0.15, -0.1) is 0 Å². The SMILES string of the molecule is c1ccc(-c2nc(-c3ccccc3)nc(-c3ccc(-c4ccc(-c5ccc(-c6cc7c8ccccc8oc7c7nc(-c8ccccc8)oc67)cc5)c5ccccc45)cc3)n2)cc1. The third kappa shape index (κ3) is 6.13. The Morgan fingerprint density at radius 1 is 0.274 bits per heavy atom. The molecule has 0 saturated heterocycles. The fourth-order valence-corrected chi connectivity index (χ4v) is 8.54. The molecule has 3 aromatic heterocycles. The second-order valence-electron chi connectivity index (χ2n) is 15.4. The minimum Gasteiger partial charge on any atom is -0.454 e. The zero-order valence-corrected chi connectivity index (χ0v) is 33.2. The summed E-state index contributed by atoms with van der Waals surface area (Å²) in [6, 6.07) is 70.8. The van der Waals surface area contributed by atoms with Crippen LogP contribution in [0.2, 0.25) is 0 Å². The normalized spacial score (nSPS) is 11.5. The van der Waals surface area contributed by atoms with E-state index < -0.39 is 0 Å². The number of hydrogen-bond acceptors (Lipinski definition) is 6. The summed E-state index contributed by atoms with van der Waals surface area (Å²) in [5, 5.41) is 4.41. The Morgan fingerprint density at radius 2 is 0.694 bits per heavy atom. The maximum Gasteiger partial charge on any atom is 0.227 e. The molecule has 290 valence electrons. The first-order valence-corrected chi connectivity index (χ1v) is 20.6. The van der Waals surface area contributed by atoms with Crippen LogP contribution in [-0.2, 0) is 0 Å². The van der Waals surface area contributed by atoms with Crippen molar-refractivity contribution in [1.29, 1.82) is 0 Å². The van der Waals surface area contributed by atoms with E-state index in [-0.39, 0.29) is 0 Å². The molecule has 0 fully saturated rings. The smallest absolute Gasteiger partial charge is 0.227 e. The van der Waals surface area contributed by atoms with Gasteiger partial charge in [0.15, 0.2) is 34.2 Å². The van der Waals surface area contributed by atoms with E-state index in [2.05, 4.69) is 97.1 Å². The number of oxazole rings is 1. The number of benzene rings is 9. The Balaban J connectivity index is 0.908. The number of hydrogen-bond donors (Lipinski definition) is 0. The molecule has 6 heteroatoms. The molecule has 6 nitrogen and oxygen atoms in total. The maximum atomic E-state index is 6.57. The summed E-state index contributed by atoms with van der Waals surface area (Å²) in [5.41, 5.74) is 13.2. The van der Waals surface area contributed by atoms with Crippen molar-refractivity contribution in [2.24, 2.45) is 0 Å². The van der Waals surface area contributed by atoms with Gasteiger partial charge in [-0.2, -0.15) is 0 Å². The van der Waals surface area contributed by atoms with E-state index in [4.69, 9.17) is 28.8 Å². The van der Waals surface area contributed by atoms with Crippen molar-refractivity contribution >= 4 is 43.8 Å². The number of furan rings is 1. The van der Waals surface area contributed by atoms with Crippen molar-refractivity contribution < 1.29 is 8.83 Å². The van der Waals surface area contributed by atoms with Crippen molar-refractivity contribution in [3.05, 3.63) is 206 Å². The molecule has 12 rings (SSSR count). The van der Waals surface area contributed by atoms with Crippen LogP contribution in [0.1, 0.15) is 0 Å². The topological polar surface area (TPSA) is 77.8 Å². The lowest BCUT2D eigenvalue weighted by Crippen LogP contribution is -2.00. The molecule has 12 aromatic rings. The Hall–Kier alpha value is -8.48. The fraction of sp³-hybridized carbons (Fsp3) is 0. The summed E-state index contributed by atoms with van der Waals surface area (Å²) in [7, 11) is 0. The standard InChI is InChI=1S/C56H34N4O2/c1-4-14-38(15-5-1)53-58-54(39-16-6-2-7-17-39)60-55(59-53)40-30-28-36(29-31-40)43-33-32-42(44-20-10-11-21-45(43)44)35-24-26-37(27-25-35)47-34-48-46-22-12-13-23-49(46)61-52(48)50-51(47)62-56(57-50)41-18-8-3-9-19-41/h1-34H. The van der Waals surface area contributed by atoms with Gasteiger partial charge < -0.3 is 8.83 Å². The largest absolute Gasteiger partial charge is 0.454 e. The molecule has 0 saturated carbocycles. The van der Waals surface area contributed by atoms with Gasteiger partial charge in [0.1, 0.15) is 5.58 Å². The Kier molecular flexibility index (Phi) is 8.38.